The fraction of sp³-hybridized carbons (Fsp3) is 0.0833. The molecule has 170 valence electrons. The third-order valence-electron chi connectivity index (χ3n) is 4.56. The van der Waals surface area contributed by atoms with Gasteiger partial charge in [0.1, 0.15) is 11.4 Å². The molecule has 0 atom stereocenters. The molecule has 0 radical (unpaired) electrons. The maximum Gasteiger partial charge on any atom is 0.430 e. The lowest BCUT2D eigenvalue weighted by atomic mass is 10.1. The predicted molar refractivity (Wildman–Crippen MR) is 123 cm³/mol. The first-order chi connectivity index (χ1) is 15.5. The van der Waals surface area contributed by atoms with Crippen LogP contribution >= 0.6 is 11.6 Å². The van der Waals surface area contributed by atoms with Gasteiger partial charge in [-0.1, -0.05) is 41.9 Å². The van der Waals surface area contributed by atoms with Crippen LogP contribution in [0.25, 0.3) is 0 Å². The van der Waals surface area contributed by atoms with Gasteiger partial charge in [-0.2, -0.15) is 13.2 Å². The number of alkyl halides is 3. The number of hydrogen-bond donors (Lipinski definition) is 3. The van der Waals surface area contributed by atoms with Crippen LogP contribution in [-0.4, -0.2) is 22.9 Å². The molecule has 0 saturated heterocycles. The van der Waals surface area contributed by atoms with Gasteiger partial charge in [-0.3, -0.25) is 4.79 Å². The monoisotopic (exact) mass is 473 g/mol. The normalized spacial score (nSPS) is 12.5. The van der Waals surface area contributed by atoms with Crippen LogP contribution in [0.3, 0.4) is 0 Å². The maximum atomic E-state index is 13.0. The Kier molecular flexibility index (Phi) is 7.08. The largest absolute Gasteiger partial charge is 0.506 e. The first-order valence-electron chi connectivity index (χ1n) is 9.63. The van der Waals surface area contributed by atoms with Gasteiger partial charge < -0.3 is 16.2 Å². The van der Waals surface area contributed by atoms with Crippen molar-refractivity contribution in [1.29, 1.82) is 0 Å². The van der Waals surface area contributed by atoms with Crippen LogP contribution in [0.5, 0.6) is 5.75 Å². The molecule has 0 aliphatic rings. The summed E-state index contributed by atoms with van der Waals surface area (Å²) in [5, 5.41) is 12.8. The molecule has 0 aliphatic carbocycles. The molecule has 0 aliphatic heterocycles. The Morgan fingerprint density at radius 3 is 2.33 bits per heavy atom. The zero-order chi connectivity index (χ0) is 24.2. The van der Waals surface area contributed by atoms with Gasteiger partial charge in [-0.15, -0.1) is 0 Å². The third-order valence-corrected chi connectivity index (χ3v) is 4.88. The maximum absolute atomic E-state index is 13.0. The molecule has 5 nitrogen and oxygen atoms in total. The van der Waals surface area contributed by atoms with Crippen molar-refractivity contribution in [2.75, 3.05) is 5.32 Å². The molecule has 0 fully saturated rings. The summed E-state index contributed by atoms with van der Waals surface area (Å²) in [5.41, 5.74) is 5.65. The number of phenols is 1. The summed E-state index contributed by atoms with van der Waals surface area (Å²) < 4.78 is 39.1. The second kappa shape index (κ2) is 9.79. The van der Waals surface area contributed by atoms with Gasteiger partial charge in [0.2, 0.25) is 0 Å². The quantitative estimate of drug-likeness (QED) is 0.307. The number of anilines is 1. The molecule has 0 heterocycles. The molecular weight excluding hydrogens is 455 g/mol. The molecule has 9 heteroatoms. The summed E-state index contributed by atoms with van der Waals surface area (Å²) in [6, 6.07) is 16.9. The van der Waals surface area contributed by atoms with Gasteiger partial charge >= 0.3 is 6.18 Å². The van der Waals surface area contributed by atoms with Gasteiger partial charge in [0.05, 0.1) is 22.1 Å². The van der Waals surface area contributed by atoms with Crippen molar-refractivity contribution in [2.45, 2.75) is 13.1 Å². The Balaban J connectivity index is 1.94. The number of halogens is 4. The highest BCUT2D eigenvalue weighted by molar-refractivity contribution is 6.33. The van der Waals surface area contributed by atoms with E-state index in [-0.39, 0.29) is 39.0 Å². The van der Waals surface area contributed by atoms with Crippen molar-refractivity contribution in [3.05, 3.63) is 100 Å². The third kappa shape index (κ3) is 6.14. The van der Waals surface area contributed by atoms with Gasteiger partial charge in [-0.25, -0.2) is 4.99 Å². The van der Waals surface area contributed by atoms with Gasteiger partial charge in [-0.05, 0) is 55.0 Å². The van der Waals surface area contributed by atoms with Gasteiger partial charge in [0.15, 0.2) is 0 Å². The highest BCUT2D eigenvalue weighted by Crippen LogP contribution is 2.28. The summed E-state index contributed by atoms with van der Waals surface area (Å²) in [5.74, 6) is -0.593. The number of benzene rings is 3. The van der Waals surface area contributed by atoms with E-state index in [0.29, 0.717) is 6.08 Å². The lowest BCUT2D eigenvalue weighted by molar-refractivity contribution is -0.0925. The number of aryl methyl sites for hydroxylation is 1. The van der Waals surface area contributed by atoms with E-state index < -0.39 is 17.8 Å². The number of carbonyl (C=O) groups is 1. The van der Waals surface area contributed by atoms with E-state index in [1.54, 1.807) is 36.4 Å². The molecule has 4 N–H and O–H groups in total. The van der Waals surface area contributed by atoms with Gasteiger partial charge in [0.25, 0.3) is 5.91 Å². The molecule has 0 aromatic heterocycles. The number of rotatable bonds is 5. The molecule has 33 heavy (non-hydrogen) atoms. The molecule has 0 unspecified atom stereocenters. The summed E-state index contributed by atoms with van der Waals surface area (Å²) in [6.45, 7) is 1.81. The minimum atomic E-state index is -4.74. The van der Waals surface area contributed by atoms with Crippen LogP contribution in [0, 0.1) is 6.92 Å². The van der Waals surface area contributed by atoms with E-state index >= 15 is 0 Å². The minimum Gasteiger partial charge on any atom is -0.506 e. The van der Waals surface area contributed by atoms with E-state index in [1.807, 2.05) is 6.92 Å². The SMILES string of the molecule is Cc1ccc(O)c(NC(=O)c2ccc(C(C=C(N)C(F)(F)F)=Nc3ccccc3Cl)cc2)c1. The number of carbonyl (C=O) groups excluding carboxylic acids is 1. The Bertz CT molecular complexity index is 1240. The molecule has 0 bridgehead atoms. The zero-order valence-corrected chi connectivity index (χ0v) is 18.1. The van der Waals surface area contributed by atoms with Crippen molar-refractivity contribution in [1.82, 2.24) is 0 Å². The number of amides is 1. The van der Waals surface area contributed by atoms with Gasteiger partial charge in [0, 0.05) is 11.1 Å². The molecule has 3 aromatic rings. The summed E-state index contributed by atoms with van der Waals surface area (Å²) >= 11 is 6.10. The number of para-hydroxylation sites is 1. The number of nitrogens with two attached hydrogens (primary N) is 1. The summed E-state index contributed by atoms with van der Waals surface area (Å²) in [4.78, 5) is 16.8. The topological polar surface area (TPSA) is 87.7 Å². The van der Waals surface area contributed by atoms with E-state index in [2.05, 4.69) is 10.3 Å². The number of allylic oxidation sites excluding steroid dienone is 2. The lowest BCUT2D eigenvalue weighted by Crippen LogP contribution is -2.21. The molecule has 0 saturated carbocycles. The Labute approximate surface area is 193 Å². The molecule has 3 aromatic carbocycles. The molecule has 1 amide bonds. The average molecular weight is 474 g/mol. The Morgan fingerprint density at radius 2 is 1.70 bits per heavy atom. The summed E-state index contributed by atoms with van der Waals surface area (Å²) in [6.07, 6.45) is -4.03. The van der Waals surface area contributed by atoms with E-state index in [1.165, 1.54) is 30.3 Å². The van der Waals surface area contributed by atoms with Crippen molar-refractivity contribution in [3.8, 4) is 5.75 Å². The van der Waals surface area contributed by atoms with E-state index in [9.17, 15) is 23.1 Å². The van der Waals surface area contributed by atoms with Crippen molar-refractivity contribution in [2.24, 2.45) is 10.7 Å². The zero-order valence-electron chi connectivity index (χ0n) is 17.3. The van der Waals surface area contributed by atoms with Crippen LogP contribution in [0.1, 0.15) is 21.5 Å². The van der Waals surface area contributed by atoms with Crippen molar-refractivity contribution in [3.63, 3.8) is 0 Å². The summed E-state index contributed by atoms with van der Waals surface area (Å²) in [7, 11) is 0. The number of hydrogen-bond acceptors (Lipinski definition) is 4. The number of phenolic OH excluding ortho intramolecular Hbond substituents is 1. The Hall–Kier alpha value is -3.78. The average Bonchev–Trinajstić information content (AvgIpc) is 2.76. The number of aliphatic imine (C=N–C) groups is 1. The van der Waals surface area contributed by atoms with Crippen molar-refractivity contribution < 1.29 is 23.1 Å². The highest BCUT2D eigenvalue weighted by atomic mass is 35.5. The highest BCUT2D eigenvalue weighted by Gasteiger charge is 2.31. The minimum absolute atomic E-state index is 0.0822. The van der Waals surface area contributed by atoms with E-state index in [4.69, 9.17) is 17.3 Å². The second-order valence-corrected chi connectivity index (χ2v) is 7.51. The van der Waals surface area contributed by atoms with Crippen LogP contribution in [0.2, 0.25) is 5.02 Å². The molecule has 0 spiro atoms. The smallest absolute Gasteiger partial charge is 0.430 e. The number of nitrogens with one attached hydrogen (secondary N) is 1. The number of aromatic hydroxyl groups is 1. The fourth-order valence-corrected chi connectivity index (χ4v) is 3.00. The van der Waals surface area contributed by atoms with Crippen LogP contribution < -0.4 is 11.1 Å². The Morgan fingerprint density at radius 1 is 1.06 bits per heavy atom. The lowest BCUT2D eigenvalue weighted by Gasteiger charge is -2.11. The standard InChI is InChI=1S/C24H19ClF3N3O2/c1-14-6-11-21(32)20(12-14)31-23(33)16-9-7-15(8-10-16)19(13-22(29)24(26,27)28)30-18-5-3-2-4-17(18)25/h2-13,32H,29H2,1H3,(H,31,33). The first-order valence-corrected chi connectivity index (χ1v) is 10.0. The molecular formula is C24H19ClF3N3O2. The second-order valence-electron chi connectivity index (χ2n) is 7.10. The van der Waals surface area contributed by atoms with Crippen LogP contribution in [0.4, 0.5) is 24.5 Å². The first kappa shape index (κ1) is 23.9. The molecule has 3 rings (SSSR count). The fourth-order valence-electron chi connectivity index (χ4n) is 2.82. The van der Waals surface area contributed by atoms with Crippen molar-refractivity contribution >= 4 is 34.6 Å². The number of nitrogens with zero attached hydrogens (tertiary/aromatic N) is 1. The predicted octanol–water partition coefficient (Wildman–Crippen LogP) is 6.13. The van der Waals surface area contributed by atoms with E-state index in [0.717, 1.165) is 5.56 Å². The van der Waals surface area contributed by atoms with Crippen LogP contribution in [0.15, 0.2) is 83.5 Å². The van der Waals surface area contributed by atoms with Crippen LogP contribution in [-0.2, 0) is 0 Å².